The van der Waals surface area contributed by atoms with Crippen LogP contribution in [0.2, 0.25) is 0 Å². The van der Waals surface area contributed by atoms with Gasteiger partial charge in [-0.15, -0.1) is 11.3 Å². The predicted molar refractivity (Wildman–Crippen MR) is 84.7 cm³/mol. The number of amides is 1. The number of aromatic carboxylic acids is 1. The minimum Gasteiger partial charge on any atom is -0.497 e. The molecule has 122 valence electrons. The second-order valence-electron chi connectivity index (χ2n) is 4.50. The topological polar surface area (TPSA) is 97.8 Å². The summed E-state index contributed by atoms with van der Waals surface area (Å²) in [6.07, 6.45) is 0.454. The fourth-order valence-electron chi connectivity index (χ4n) is 1.89. The van der Waals surface area contributed by atoms with Crippen LogP contribution in [-0.4, -0.2) is 42.7 Å². The first kappa shape index (κ1) is 16.8. The third-order valence-electron chi connectivity index (χ3n) is 3.05. The summed E-state index contributed by atoms with van der Waals surface area (Å²) in [5.74, 6) is -0.346. The normalized spacial score (nSPS) is 10.2. The van der Waals surface area contributed by atoms with Gasteiger partial charge in [0.25, 0.3) is 5.91 Å². The number of carboxylic acid groups (broad SMARTS) is 1. The molecule has 0 atom stereocenters. The Balaban J connectivity index is 1.97. The van der Waals surface area contributed by atoms with Crippen LogP contribution in [0.25, 0.3) is 0 Å². The van der Waals surface area contributed by atoms with Crippen LogP contribution >= 0.6 is 11.3 Å². The highest BCUT2D eigenvalue weighted by Gasteiger charge is 2.14. The number of thiazole rings is 1. The Labute approximate surface area is 136 Å². The van der Waals surface area contributed by atoms with Gasteiger partial charge in [0.2, 0.25) is 0 Å². The summed E-state index contributed by atoms with van der Waals surface area (Å²) < 4.78 is 10.3. The van der Waals surface area contributed by atoms with Crippen molar-refractivity contribution >= 4 is 23.2 Å². The Morgan fingerprint density at radius 1 is 1.30 bits per heavy atom. The summed E-state index contributed by atoms with van der Waals surface area (Å²) in [5.41, 5.74) is 0.392. The lowest BCUT2D eigenvalue weighted by Gasteiger charge is -2.10. The Hall–Kier alpha value is -2.61. The Kier molecular flexibility index (Phi) is 5.53. The van der Waals surface area contributed by atoms with Crippen molar-refractivity contribution in [2.24, 2.45) is 0 Å². The lowest BCUT2D eigenvalue weighted by molar-refractivity contribution is 0.0690. The van der Waals surface area contributed by atoms with Gasteiger partial charge in [-0.1, -0.05) is 0 Å². The minimum atomic E-state index is -1.06. The van der Waals surface area contributed by atoms with Crippen LogP contribution in [0.5, 0.6) is 11.5 Å². The number of ether oxygens (including phenoxy) is 2. The van der Waals surface area contributed by atoms with E-state index in [2.05, 4.69) is 10.3 Å². The fourth-order valence-corrected chi connectivity index (χ4v) is 2.67. The summed E-state index contributed by atoms with van der Waals surface area (Å²) in [5, 5.41) is 13.7. The zero-order chi connectivity index (χ0) is 16.8. The van der Waals surface area contributed by atoms with Gasteiger partial charge in [0, 0.05) is 18.3 Å². The Morgan fingerprint density at radius 2 is 2.09 bits per heavy atom. The fraction of sp³-hybridized carbons (Fsp3) is 0.267. The van der Waals surface area contributed by atoms with Crippen LogP contribution in [0.3, 0.4) is 0 Å². The number of benzene rings is 1. The van der Waals surface area contributed by atoms with Gasteiger partial charge in [0.05, 0.1) is 24.8 Å². The number of nitrogens with zero attached hydrogens (tertiary/aromatic N) is 1. The zero-order valence-electron chi connectivity index (χ0n) is 12.7. The first-order valence-electron chi connectivity index (χ1n) is 6.73. The van der Waals surface area contributed by atoms with E-state index in [1.807, 2.05) is 0 Å². The Morgan fingerprint density at radius 3 is 2.70 bits per heavy atom. The van der Waals surface area contributed by atoms with E-state index in [1.165, 1.54) is 30.9 Å². The van der Waals surface area contributed by atoms with Gasteiger partial charge in [0.15, 0.2) is 5.69 Å². The van der Waals surface area contributed by atoms with Gasteiger partial charge in [-0.25, -0.2) is 9.78 Å². The summed E-state index contributed by atoms with van der Waals surface area (Å²) >= 11 is 1.25. The quantitative estimate of drug-likeness (QED) is 0.800. The third kappa shape index (κ3) is 4.19. The highest BCUT2D eigenvalue weighted by molar-refractivity contribution is 7.09. The number of carbonyl (C=O) groups is 2. The molecule has 0 bridgehead atoms. The van der Waals surface area contributed by atoms with Crippen molar-refractivity contribution in [1.82, 2.24) is 10.3 Å². The van der Waals surface area contributed by atoms with Gasteiger partial charge in [-0.2, -0.15) is 0 Å². The van der Waals surface area contributed by atoms with Crippen molar-refractivity contribution in [2.75, 3.05) is 20.8 Å². The minimum absolute atomic E-state index is 0.0193. The lowest BCUT2D eigenvalue weighted by Crippen LogP contribution is -2.26. The van der Waals surface area contributed by atoms with Crippen LogP contribution in [0.4, 0.5) is 0 Å². The smallest absolute Gasteiger partial charge is 0.355 e. The van der Waals surface area contributed by atoms with E-state index in [1.54, 1.807) is 18.2 Å². The van der Waals surface area contributed by atoms with Crippen LogP contribution < -0.4 is 14.8 Å². The van der Waals surface area contributed by atoms with E-state index in [0.29, 0.717) is 35.0 Å². The van der Waals surface area contributed by atoms with Crippen molar-refractivity contribution in [2.45, 2.75) is 6.42 Å². The molecule has 0 saturated carbocycles. The first-order chi connectivity index (χ1) is 11.0. The van der Waals surface area contributed by atoms with Crippen molar-refractivity contribution in [1.29, 1.82) is 0 Å². The van der Waals surface area contributed by atoms with Crippen LogP contribution in [0.1, 0.15) is 25.9 Å². The summed E-state index contributed by atoms with van der Waals surface area (Å²) in [7, 11) is 3.01. The molecule has 1 amide bonds. The van der Waals surface area contributed by atoms with Gasteiger partial charge in [0.1, 0.15) is 11.5 Å². The number of hydrogen-bond acceptors (Lipinski definition) is 6. The van der Waals surface area contributed by atoms with Crippen molar-refractivity contribution < 1.29 is 24.2 Å². The molecular formula is C15H16N2O5S. The number of carbonyl (C=O) groups excluding carboxylic acids is 1. The molecule has 1 aromatic carbocycles. The van der Waals surface area contributed by atoms with Crippen LogP contribution in [-0.2, 0) is 6.42 Å². The van der Waals surface area contributed by atoms with Crippen LogP contribution in [0, 0.1) is 0 Å². The van der Waals surface area contributed by atoms with E-state index < -0.39 is 5.97 Å². The van der Waals surface area contributed by atoms with Gasteiger partial charge in [-0.3, -0.25) is 4.79 Å². The number of methoxy groups -OCH3 is 2. The maximum absolute atomic E-state index is 12.2. The molecule has 0 unspecified atom stereocenters. The molecule has 0 spiro atoms. The highest BCUT2D eigenvalue weighted by atomic mass is 32.1. The first-order valence-corrected chi connectivity index (χ1v) is 7.61. The molecule has 7 nitrogen and oxygen atoms in total. The highest BCUT2D eigenvalue weighted by Crippen LogP contribution is 2.23. The molecular weight excluding hydrogens is 320 g/mol. The number of nitrogens with one attached hydrogen (secondary N) is 1. The molecule has 1 heterocycles. The van der Waals surface area contributed by atoms with Crippen molar-refractivity contribution in [3.05, 3.63) is 39.8 Å². The molecule has 0 aliphatic carbocycles. The predicted octanol–water partition coefficient (Wildman–Crippen LogP) is 1.83. The maximum Gasteiger partial charge on any atom is 0.355 e. The molecule has 1 aromatic heterocycles. The molecule has 0 radical (unpaired) electrons. The van der Waals surface area contributed by atoms with Crippen LogP contribution in [0.15, 0.2) is 23.6 Å². The molecule has 2 aromatic rings. The van der Waals surface area contributed by atoms with E-state index in [0.717, 1.165) is 0 Å². The Bertz CT molecular complexity index is 714. The van der Waals surface area contributed by atoms with Gasteiger partial charge >= 0.3 is 5.97 Å². The molecule has 0 aliphatic rings. The molecule has 8 heteroatoms. The van der Waals surface area contributed by atoms with Gasteiger partial charge < -0.3 is 19.9 Å². The van der Waals surface area contributed by atoms with E-state index in [-0.39, 0.29) is 11.6 Å². The van der Waals surface area contributed by atoms with E-state index in [9.17, 15) is 9.59 Å². The standard InChI is InChI=1S/C15H16N2O5S/c1-21-9-3-4-12(22-2)10(7-9)14(18)16-6-5-13-17-11(8-23-13)15(19)20/h3-4,7-8H,5-6H2,1-2H3,(H,16,18)(H,19,20). The average molecular weight is 336 g/mol. The molecule has 2 N–H and O–H groups in total. The molecule has 23 heavy (non-hydrogen) atoms. The summed E-state index contributed by atoms with van der Waals surface area (Å²) in [6.45, 7) is 0.339. The van der Waals surface area contributed by atoms with Gasteiger partial charge in [-0.05, 0) is 18.2 Å². The monoisotopic (exact) mass is 336 g/mol. The second-order valence-corrected chi connectivity index (χ2v) is 5.45. The molecule has 0 fully saturated rings. The second kappa shape index (κ2) is 7.59. The number of aromatic nitrogens is 1. The molecule has 0 saturated heterocycles. The summed E-state index contributed by atoms with van der Waals surface area (Å²) in [6, 6.07) is 4.96. The lowest BCUT2D eigenvalue weighted by atomic mass is 10.1. The zero-order valence-corrected chi connectivity index (χ0v) is 13.5. The largest absolute Gasteiger partial charge is 0.497 e. The summed E-state index contributed by atoms with van der Waals surface area (Å²) in [4.78, 5) is 27.0. The van der Waals surface area contributed by atoms with Crippen molar-refractivity contribution in [3.8, 4) is 11.5 Å². The van der Waals surface area contributed by atoms with E-state index in [4.69, 9.17) is 14.6 Å². The van der Waals surface area contributed by atoms with Crippen molar-refractivity contribution in [3.63, 3.8) is 0 Å². The molecule has 0 aliphatic heterocycles. The average Bonchev–Trinajstić information content (AvgIpc) is 3.03. The van der Waals surface area contributed by atoms with E-state index >= 15 is 0 Å². The number of hydrogen-bond donors (Lipinski definition) is 2. The third-order valence-corrected chi connectivity index (χ3v) is 3.96. The number of rotatable bonds is 7. The SMILES string of the molecule is COc1ccc(OC)c(C(=O)NCCc2nc(C(=O)O)cs2)c1. The number of carboxylic acids is 1. The maximum atomic E-state index is 12.2. The molecule has 2 rings (SSSR count).